The summed E-state index contributed by atoms with van der Waals surface area (Å²) in [6, 6.07) is 7.08. The number of hydrogen-bond donors (Lipinski definition) is 0. The fraction of sp³-hybridized carbons (Fsp3) is 0.200. The lowest BCUT2D eigenvalue weighted by molar-refractivity contribution is 0.0991. The molecule has 0 aliphatic rings. The molecule has 0 spiro atoms. The Morgan fingerprint density at radius 2 is 2.29 bits per heavy atom. The van der Waals surface area contributed by atoms with Crippen molar-refractivity contribution in [2.45, 2.75) is 12.3 Å². The summed E-state index contributed by atoms with van der Waals surface area (Å²) in [5.41, 5.74) is 1.03. The Morgan fingerprint density at radius 1 is 1.64 bits per heavy atom. The summed E-state index contributed by atoms with van der Waals surface area (Å²) in [5, 5.41) is 8.21. The molecule has 1 unspecified atom stereocenters. The molecule has 0 fully saturated rings. The Hall–Kier alpha value is -0.600. The van der Waals surface area contributed by atoms with Gasteiger partial charge in [-0.3, -0.25) is 4.79 Å². The molecule has 1 atom stereocenters. The van der Waals surface area contributed by atoms with Crippen LogP contribution in [-0.4, -0.2) is 11.2 Å². The van der Waals surface area contributed by atoms with Crippen LogP contribution in [0.25, 0.3) is 0 Å². The lowest BCUT2D eigenvalue weighted by Crippen LogP contribution is -2.12. The number of ketones is 1. The molecule has 14 heavy (non-hydrogen) atoms. The normalized spacial score (nSPS) is 11.9. The molecule has 0 heterocycles. The zero-order valence-electron chi connectivity index (χ0n) is 7.42. The maximum Gasteiger partial charge on any atom is 0.181 e. The van der Waals surface area contributed by atoms with E-state index in [0.29, 0.717) is 14.7 Å². The van der Waals surface area contributed by atoms with Crippen LogP contribution in [-0.2, 0) is 0 Å². The third-order valence-corrected chi connectivity index (χ3v) is 3.11. The SMILES string of the molecule is CC(Cl)C(=O)c1cccc(C#N)c1I. The maximum atomic E-state index is 11.6. The van der Waals surface area contributed by atoms with Crippen molar-refractivity contribution in [2.75, 3.05) is 0 Å². The number of halogens is 2. The van der Waals surface area contributed by atoms with Gasteiger partial charge in [0.2, 0.25) is 0 Å². The Bertz CT molecular complexity index is 409. The topological polar surface area (TPSA) is 40.9 Å². The van der Waals surface area contributed by atoms with E-state index in [-0.39, 0.29) is 5.78 Å². The quantitative estimate of drug-likeness (QED) is 0.478. The lowest BCUT2D eigenvalue weighted by Gasteiger charge is -2.05. The van der Waals surface area contributed by atoms with Gasteiger partial charge in [-0.15, -0.1) is 11.6 Å². The number of rotatable bonds is 2. The Kier molecular flexibility index (Phi) is 3.90. The maximum absolute atomic E-state index is 11.6. The largest absolute Gasteiger partial charge is 0.292 e. The summed E-state index contributed by atoms with van der Waals surface area (Å²) in [5.74, 6) is -0.145. The second-order valence-corrected chi connectivity index (χ2v) is 4.49. The van der Waals surface area contributed by atoms with Crippen molar-refractivity contribution >= 4 is 40.0 Å². The van der Waals surface area contributed by atoms with Crippen LogP contribution in [0.3, 0.4) is 0 Å². The van der Waals surface area contributed by atoms with Crippen molar-refractivity contribution in [3.05, 3.63) is 32.9 Å². The van der Waals surface area contributed by atoms with Crippen LogP contribution in [0.4, 0.5) is 0 Å². The minimum Gasteiger partial charge on any atom is -0.292 e. The third kappa shape index (κ3) is 2.25. The molecule has 1 aromatic rings. The minimum absolute atomic E-state index is 0.145. The number of nitriles is 1. The van der Waals surface area contributed by atoms with Crippen LogP contribution < -0.4 is 0 Å². The lowest BCUT2D eigenvalue weighted by atomic mass is 10.1. The van der Waals surface area contributed by atoms with E-state index in [1.165, 1.54) is 0 Å². The van der Waals surface area contributed by atoms with Gasteiger partial charge in [-0.1, -0.05) is 12.1 Å². The van der Waals surface area contributed by atoms with Gasteiger partial charge >= 0.3 is 0 Å². The monoisotopic (exact) mass is 319 g/mol. The molecule has 0 aliphatic carbocycles. The molecule has 0 aromatic heterocycles. The fourth-order valence-electron chi connectivity index (χ4n) is 1.02. The molecule has 1 aromatic carbocycles. The number of nitrogens with zero attached hydrogens (tertiary/aromatic N) is 1. The van der Waals surface area contributed by atoms with E-state index in [9.17, 15) is 4.79 Å². The second-order valence-electron chi connectivity index (χ2n) is 2.76. The van der Waals surface area contributed by atoms with Crippen molar-refractivity contribution in [1.29, 1.82) is 5.26 Å². The predicted octanol–water partition coefficient (Wildman–Crippen LogP) is 2.97. The summed E-state index contributed by atoms with van der Waals surface area (Å²) in [6.07, 6.45) is 0. The predicted molar refractivity (Wildman–Crippen MR) is 63.5 cm³/mol. The van der Waals surface area contributed by atoms with Crippen molar-refractivity contribution in [3.63, 3.8) is 0 Å². The number of Topliss-reactive ketones (excluding diaryl/α,β-unsaturated/α-hetero) is 1. The van der Waals surface area contributed by atoms with Crippen LogP contribution >= 0.6 is 34.2 Å². The molecule has 0 aliphatic heterocycles. The average Bonchev–Trinajstić information content (AvgIpc) is 2.17. The van der Waals surface area contributed by atoms with E-state index in [2.05, 4.69) is 0 Å². The molecule has 4 heteroatoms. The molecule has 0 amide bonds. The highest BCUT2D eigenvalue weighted by atomic mass is 127. The van der Waals surface area contributed by atoms with Crippen molar-refractivity contribution in [2.24, 2.45) is 0 Å². The minimum atomic E-state index is -0.558. The summed E-state index contributed by atoms with van der Waals surface area (Å²) < 4.78 is 0.671. The summed E-state index contributed by atoms with van der Waals surface area (Å²) in [7, 11) is 0. The zero-order chi connectivity index (χ0) is 10.7. The first kappa shape index (κ1) is 11.5. The third-order valence-electron chi connectivity index (χ3n) is 1.75. The molecule has 0 radical (unpaired) electrons. The van der Waals surface area contributed by atoms with Crippen LogP contribution in [0.5, 0.6) is 0 Å². The number of carbonyl (C=O) groups excluding carboxylic acids is 1. The highest BCUT2D eigenvalue weighted by Gasteiger charge is 2.16. The summed E-state index contributed by atoms with van der Waals surface area (Å²) >= 11 is 7.68. The highest BCUT2D eigenvalue weighted by molar-refractivity contribution is 14.1. The van der Waals surface area contributed by atoms with Crippen molar-refractivity contribution in [3.8, 4) is 6.07 Å². The van der Waals surface area contributed by atoms with Crippen LogP contribution in [0.1, 0.15) is 22.8 Å². The van der Waals surface area contributed by atoms with Gasteiger partial charge in [0.1, 0.15) is 6.07 Å². The number of hydrogen-bond acceptors (Lipinski definition) is 2. The number of alkyl halides is 1. The summed E-state index contributed by atoms with van der Waals surface area (Å²) in [4.78, 5) is 11.6. The average molecular weight is 320 g/mol. The second kappa shape index (κ2) is 4.76. The van der Waals surface area contributed by atoms with E-state index in [4.69, 9.17) is 16.9 Å². The Labute approximate surface area is 101 Å². The van der Waals surface area contributed by atoms with E-state index in [1.807, 2.05) is 28.7 Å². The highest BCUT2D eigenvalue weighted by Crippen LogP contribution is 2.19. The van der Waals surface area contributed by atoms with Gasteiger partial charge in [0.25, 0.3) is 0 Å². The van der Waals surface area contributed by atoms with Crippen molar-refractivity contribution < 1.29 is 4.79 Å². The van der Waals surface area contributed by atoms with E-state index in [1.54, 1.807) is 25.1 Å². The fourth-order valence-corrected chi connectivity index (χ4v) is 1.89. The van der Waals surface area contributed by atoms with Crippen LogP contribution in [0.2, 0.25) is 0 Å². The van der Waals surface area contributed by atoms with Gasteiger partial charge in [0.15, 0.2) is 5.78 Å². The molecule has 1 rings (SSSR count). The van der Waals surface area contributed by atoms with Gasteiger partial charge in [-0.05, 0) is 35.6 Å². The van der Waals surface area contributed by atoms with E-state index >= 15 is 0 Å². The molecule has 0 saturated heterocycles. The standard InChI is InChI=1S/C10H7ClINO/c1-6(11)10(14)8-4-2-3-7(5-13)9(8)12/h2-4,6H,1H3. The number of carbonyl (C=O) groups is 1. The zero-order valence-corrected chi connectivity index (χ0v) is 10.3. The molecular weight excluding hydrogens is 312 g/mol. The van der Waals surface area contributed by atoms with Gasteiger partial charge in [0, 0.05) is 9.13 Å². The molecule has 0 N–H and O–H groups in total. The smallest absolute Gasteiger partial charge is 0.181 e. The van der Waals surface area contributed by atoms with Gasteiger partial charge in [0.05, 0.1) is 10.9 Å². The number of benzene rings is 1. The first-order chi connectivity index (χ1) is 6.57. The van der Waals surface area contributed by atoms with Gasteiger partial charge in [-0.25, -0.2) is 0 Å². The Balaban J connectivity index is 3.24. The van der Waals surface area contributed by atoms with Crippen LogP contribution in [0.15, 0.2) is 18.2 Å². The van der Waals surface area contributed by atoms with Gasteiger partial charge in [-0.2, -0.15) is 5.26 Å². The Morgan fingerprint density at radius 3 is 2.79 bits per heavy atom. The van der Waals surface area contributed by atoms with Crippen molar-refractivity contribution in [1.82, 2.24) is 0 Å². The summed E-state index contributed by atoms with van der Waals surface area (Å²) in [6.45, 7) is 1.62. The molecule has 72 valence electrons. The molecule has 0 bridgehead atoms. The van der Waals surface area contributed by atoms with Crippen LogP contribution in [0, 0.1) is 14.9 Å². The van der Waals surface area contributed by atoms with Gasteiger partial charge < -0.3 is 0 Å². The molecule has 2 nitrogen and oxygen atoms in total. The first-order valence-corrected chi connectivity index (χ1v) is 5.46. The van der Waals surface area contributed by atoms with E-state index < -0.39 is 5.38 Å². The molecular formula is C10H7ClINO. The van der Waals surface area contributed by atoms with E-state index in [0.717, 1.165) is 0 Å². The molecule has 0 saturated carbocycles. The first-order valence-electron chi connectivity index (χ1n) is 3.94.